The predicted molar refractivity (Wildman–Crippen MR) is 162 cm³/mol. The zero-order valence-electron chi connectivity index (χ0n) is 26.3. The molecule has 3 aliphatic heterocycles. The molecule has 1 spiro atoms. The first-order chi connectivity index (χ1) is 22.4. The van der Waals surface area contributed by atoms with Crippen molar-refractivity contribution in [2.45, 2.75) is 63.7 Å². The minimum Gasteiger partial charge on any atom is -0.465 e. The molecule has 2 atom stereocenters. The van der Waals surface area contributed by atoms with Crippen LogP contribution in [-0.2, 0) is 27.1 Å². The van der Waals surface area contributed by atoms with E-state index in [-0.39, 0.29) is 47.4 Å². The van der Waals surface area contributed by atoms with Crippen molar-refractivity contribution in [3.05, 3.63) is 35.1 Å². The number of amides is 3. The summed E-state index contributed by atoms with van der Waals surface area (Å²) in [7, 11) is 0. The van der Waals surface area contributed by atoms with Crippen molar-refractivity contribution < 1.29 is 42.5 Å². The van der Waals surface area contributed by atoms with Crippen LogP contribution in [0.15, 0.2) is 16.7 Å². The number of nitrogens with zero attached hydrogens (tertiary/aromatic N) is 5. The van der Waals surface area contributed by atoms with Gasteiger partial charge in [-0.1, -0.05) is 0 Å². The zero-order valence-corrected chi connectivity index (χ0v) is 26.3. The zero-order chi connectivity index (χ0) is 33.1. The highest BCUT2D eigenvalue weighted by Gasteiger charge is 2.48. The summed E-state index contributed by atoms with van der Waals surface area (Å²) in [6.07, 6.45) is 2.65. The smallest absolute Gasteiger partial charge is 0.416 e. The second-order valence-corrected chi connectivity index (χ2v) is 13.5. The second-order valence-electron chi connectivity index (χ2n) is 13.5. The van der Waals surface area contributed by atoms with Crippen LogP contribution >= 0.6 is 0 Å². The van der Waals surface area contributed by atoms with Gasteiger partial charge >= 0.3 is 12.2 Å². The number of alkyl carbamates (subject to hydrolysis) is 1. The molecule has 47 heavy (non-hydrogen) atoms. The number of halogens is 1. The van der Waals surface area contributed by atoms with Gasteiger partial charge in [-0.2, -0.15) is 0 Å². The monoisotopic (exact) mass is 653 g/mol. The molecule has 0 bridgehead atoms. The molecule has 7 rings (SSSR count). The van der Waals surface area contributed by atoms with Gasteiger partial charge in [-0.3, -0.25) is 9.69 Å². The number of anilines is 2. The molecule has 4 aliphatic rings. The highest BCUT2D eigenvalue weighted by Crippen LogP contribution is 2.39. The number of carbonyl (C=O) groups is 3. The number of aromatic nitrogens is 3. The third kappa shape index (κ3) is 6.14. The first kappa shape index (κ1) is 31.1. The molecule has 2 aromatic heterocycles. The van der Waals surface area contributed by atoms with Gasteiger partial charge in [0, 0.05) is 32.5 Å². The van der Waals surface area contributed by atoms with Gasteiger partial charge in [0.15, 0.2) is 29.6 Å². The molecule has 2 saturated heterocycles. The number of likely N-dealkylation sites (tertiary alicyclic amines) is 1. The van der Waals surface area contributed by atoms with Crippen LogP contribution in [0.4, 0.5) is 25.6 Å². The van der Waals surface area contributed by atoms with E-state index in [1.165, 1.54) is 11.1 Å². The summed E-state index contributed by atoms with van der Waals surface area (Å²) < 4.78 is 37.8. The lowest BCUT2D eigenvalue weighted by Gasteiger charge is -2.38. The van der Waals surface area contributed by atoms with Crippen molar-refractivity contribution in [2.24, 2.45) is 5.92 Å². The van der Waals surface area contributed by atoms with E-state index in [9.17, 15) is 19.5 Å². The molecule has 5 heterocycles. The Kier molecular flexibility index (Phi) is 7.66. The van der Waals surface area contributed by atoms with Crippen LogP contribution in [0.2, 0.25) is 0 Å². The summed E-state index contributed by atoms with van der Waals surface area (Å²) >= 11 is 0. The molecule has 3 aromatic rings. The number of hydrogen-bond donors (Lipinski definition) is 3. The maximum atomic E-state index is 15.7. The Morgan fingerprint density at radius 2 is 2.04 bits per heavy atom. The van der Waals surface area contributed by atoms with E-state index in [4.69, 9.17) is 18.6 Å². The highest BCUT2D eigenvalue weighted by atomic mass is 19.1. The molecule has 3 amide bonds. The number of ether oxygens (including phenoxy) is 3. The van der Waals surface area contributed by atoms with Gasteiger partial charge in [-0.15, -0.1) is 0 Å². The van der Waals surface area contributed by atoms with Crippen LogP contribution in [0.25, 0.3) is 11.1 Å². The average molecular weight is 654 g/mol. The topological polar surface area (TPSA) is 181 Å². The lowest BCUT2D eigenvalue weighted by molar-refractivity contribution is -0.118. The van der Waals surface area contributed by atoms with Crippen molar-refractivity contribution >= 4 is 40.8 Å². The fraction of sp³-hybridized carbons (Fsp3) is 0.548. The van der Waals surface area contributed by atoms with Gasteiger partial charge in [-0.05, 0) is 56.7 Å². The van der Waals surface area contributed by atoms with Gasteiger partial charge < -0.3 is 39.3 Å². The Hall–Kier alpha value is -4.57. The van der Waals surface area contributed by atoms with Crippen LogP contribution < -0.4 is 20.3 Å². The minimum atomic E-state index is -0.990. The molecule has 0 radical (unpaired) electrons. The molecule has 1 aromatic carbocycles. The summed E-state index contributed by atoms with van der Waals surface area (Å²) in [6.45, 7) is 7.01. The summed E-state index contributed by atoms with van der Waals surface area (Å²) in [4.78, 5) is 53.5. The van der Waals surface area contributed by atoms with E-state index < -0.39 is 41.9 Å². The summed E-state index contributed by atoms with van der Waals surface area (Å²) in [6, 6.07) is 0.831. The van der Waals surface area contributed by atoms with Gasteiger partial charge in [0.1, 0.15) is 22.8 Å². The Morgan fingerprint density at radius 1 is 1.26 bits per heavy atom. The van der Waals surface area contributed by atoms with E-state index in [1.807, 2.05) is 6.07 Å². The van der Waals surface area contributed by atoms with E-state index in [1.54, 1.807) is 20.8 Å². The molecule has 2 fully saturated rings. The number of rotatable bonds is 6. The van der Waals surface area contributed by atoms with Crippen LogP contribution in [0.3, 0.4) is 0 Å². The van der Waals surface area contributed by atoms with Gasteiger partial charge in [0.25, 0.3) is 11.8 Å². The van der Waals surface area contributed by atoms with E-state index >= 15 is 4.39 Å². The lowest BCUT2D eigenvalue weighted by atomic mass is 9.90. The van der Waals surface area contributed by atoms with Crippen LogP contribution in [0.1, 0.15) is 56.7 Å². The summed E-state index contributed by atoms with van der Waals surface area (Å²) in [5.74, 6) is 0.0266. The molecular weight excluding hydrogens is 617 g/mol. The number of benzene rings is 1. The third-order valence-corrected chi connectivity index (χ3v) is 8.86. The van der Waals surface area contributed by atoms with Gasteiger partial charge in [-0.25, -0.2) is 28.9 Å². The molecule has 3 N–H and O–H groups in total. The van der Waals surface area contributed by atoms with Crippen molar-refractivity contribution in [2.75, 3.05) is 49.6 Å². The first-order valence-electron chi connectivity index (χ1n) is 15.6. The fourth-order valence-electron chi connectivity index (χ4n) is 6.68. The molecule has 250 valence electrons. The number of hydrogen-bond acceptors (Lipinski definition) is 12. The lowest BCUT2D eigenvalue weighted by Crippen LogP contribution is -2.48. The van der Waals surface area contributed by atoms with Crippen molar-refractivity contribution in [3.8, 4) is 5.88 Å². The maximum absolute atomic E-state index is 15.7. The number of carbonyl (C=O) groups excluding carboxylic acids is 3. The van der Waals surface area contributed by atoms with E-state index in [2.05, 4.69) is 30.5 Å². The molecule has 15 nitrogen and oxygen atoms in total. The molecule has 0 saturated carbocycles. The Bertz CT molecular complexity index is 1750. The minimum absolute atomic E-state index is 0.000334. The molecule has 1 unspecified atom stereocenters. The van der Waals surface area contributed by atoms with E-state index in [0.29, 0.717) is 56.4 Å². The highest BCUT2D eigenvalue weighted by molar-refractivity contribution is 5.95. The number of aliphatic hydroxyl groups is 1. The number of aliphatic hydroxyl groups excluding tert-OH is 1. The Morgan fingerprint density at radius 3 is 2.79 bits per heavy atom. The molecular formula is C31H36FN7O8. The maximum Gasteiger partial charge on any atom is 0.416 e. The van der Waals surface area contributed by atoms with Crippen molar-refractivity contribution in [3.63, 3.8) is 0 Å². The second kappa shape index (κ2) is 11.6. The Balaban J connectivity index is 0.960. The average Bonchev–Trinajstić information content (AvgIpc) is 3.71. The number of fused-ring (bicyclic) bond motifs is 3. The molecule has 16 heteroatoms. The summed E-state index contributed by atoms with van der Waals surface area (Å²) in [5, 5.41) is 15.0. The largest absolute Gasteiger partial charge is 0.465 e. The number of nitrogens with one attached hydrogen (secondary N) is 2. The van der Waals surface area contributed by atoms with Crippen molar-refractivity contribution in [1.82, 2.24) is 25.2 Å². The van der Waals surface area contributed by atoms with Gasteiger partial charge in [0.2, 0.25) is 5.89 Å². The van der Waals surface area contributed by atoms with Gasteiger partial charge in [0.05, 0.1) is 19.3 Å². The molecule has 1 aliphatic carbocycles. The quantitative estimate of drug-likeness (QED) is 0.354. The third-order valence-electron chi connectivity index (χ3n) is 8.86. The van der Waals surface area contributed by atoms with Crippen LogP contribution in [0, 0.1) is 11.7 Å². The first-order valence-corrected chi connectivity index (χ1v) is 15.6. The Labute approximate surface area is 268 Å². The number of oxazole rings is 1. The number of piperidine rings is 1. The standard InChI is InChI=1S/C31H36FN7O8/c1-30(2,3)46-28(42)35-20(13-40)26-34-19-10-17-8-16(9-18(17)23(32)24(19)45-26)12-38-6-4-31(5-7-38)15-39(29(43)47-31)21-11-33-27-25(36-21)37-22(41)14-44-27/h10-11,16,20,40H,4-9,12-15H2,1-3H3,(H,35,42)(H,36,37,41)/t16?,20-/m0/s1. The van der Waals surface area contributed by atoms with Crippen LogP contribution in [0.5, 0.6) is 5.88 Å². The van der Waals surface area contributed by atoms with E-state index in [0.717, 1.165) is 12.1 Å². The SMILES string of the molecule is CC(C)(C)OC(=O)N[C@@H](CO)c1nc2cc3c(c(F)c2o1)CC(CN1CCC2(CC1)CN(c1cnc4c(n1)NC(=O)CO4)C(=O)O2)C3. The fourth-order valence-corrected chi connectivity index (χ4v) is 6.68. The predicted octanol–water partition coefficient (Wildman–Crippen LogP) is 2.85. The van der Waals surface area contributed by atoms with Crippen LogP contribution in [-0.4, -0.2) is 93.6 Å². The summed E-state index contributed by atoms with van der Waals surface area (Å²) in [5.41, 5.74) is 0.386. The normalized spacial score (nSPS) is 21.2. The van der Waals surface area contributed by atoms with Crippen molar-refractivity contribution in [1.29, 1.82) is 0 Å².